The summed E-state index contributed by atoms with van der Waals surface area (Å²) in [5, 5.41) is 0. The summed E-state index contributed by atoms with van der Waals surface area (Å²) in [4.78, 5) is 26.9. The minimum Gasteiger partial charge on any atom is -0.464 e. The number of hydrogen-bond acceptors (Lipinski definition) is 4. The smallest absolute Gasteiger partial charge is 0.411 e. The summed E-state index contributed by atoms with van der Waals surface area (Å²) >= 11 is 0. The zero-order valence-corrected chi connectivity index (χ0v) is 15.2. The molecule has 1 aromatic rings. The normalized spacial score (nSPS) is 22.6. The van der Waals surface area contributed by atoms with Gasteiger partial charge >= 0.3 is 12.1 Å². The fourth-order valence-corrected chi connectivity index (χ4v) is 2.89. The van der Waals surface area contributed by atoms with E-state index in [2.05, 4.69) is 0 Å². The van der Waals surface area contributed by atoms with Crippen LogP contribution in [-0.2, 0) is 20.8 Å². The van der Waals surface area contributed by atoms with Crippen LogP contribution in [0.3, 0.4) is 0 Å². The maximum absolute atomic E-state index is 12.8. The average molecular weight is 333 g/mol. The van der Waals surface area contributed by atoms with Crippen molar-refractivity contribution < 1.29 is 19.1 Å². The highest BCUT2D eigenvalue weighted by Crippen LogP contribution is 2.50. The molecule has 132 valence electrons. The zero-order chi connectivity index (χ0) is 18.0. The molecule has 5 nitrogen and oxygen atoms in total. The van der Waals surface area contributed by atoms with Crippen LogP contribution in [0.15, 0.2) is 30.3 Å². The summed E-state index contributed by atoms with van der Waals surface area (Å²) in [6, 6.07) is 9.61. The largest absolute Gasteiger partial charge is 0.464 e. The lowest BCUT2D eigenvalue weighted by Crippen LogP contribution is -2.50. The first-order valence-electron chi connectivity index (χ1n) is 8.42. The van der Waals surface area contributed by atoms with Crippen LogP contribution in [-0.4, -0.2) is 34.7 Å². The fraction of sp³-hybridized carbons (Fsp3) is 0.579. The fourth-order valence-electron chi connectivity index (χ4n) is 2.89. The van der Waals surface area contributed by atoms with E-state index in [4.69, 9.17) is 9.47 Å². The maximum Gasteiger partial charge on any atom is 0.411 e. The van der Waals surface area contributed by atoms with Crippen molar-refractivity contribution in [3.63, 3.8) is 0 Å². The summed E-state index contributed by atoms with van der Waals surface area (Å²) in [5.74, 6) is -0.299. The van der Waals surface area contributed by atoms with Gasteiger partial charge in [0.15, 0.2) is 0 Å². The molecular weight excluding hydrogens is 306 g/mol. The molecule has 0 spiro atoms. The van der Waals surface area contributed by atoms with Crippen LogP contribution in [0.1, 0.15) is 46.6 Å². The van der Waals surface area contributed by atoms with Gasteiger partial charge in [-0.15, -0.1) is 0 Å². The summed E-state index contributed by atoms with van der Waals surface area (Å²) in [7, 11) is 0. The van der Waals surface area contributed by atoms with Crippen LogP contribution in [0.25, 0.3) is 0 Å². The van der Waals surface area contributed by atoms with Crippen molar-refractivity contribution in [1.82, 2.24) is 4.90 Å². The van der Waals surface area contributed by atoms with Gasteiger partial charge in [0, 0.05) is 0 Å². The number of rotatable bonds is 5. The minimum absolute atomic E-state index is 0.0489. The van der Waals surface area contributed by atoms with E-state index in [-0.39, 0.29) is 11.9 Å². The van der Waals surface area contributed by atoms with E-state index in [9.17, 15) is 9.59 Å². The Labute approximate surface area is 143 Å². The molecule has 1 saturated carbocycles. The molecule has 2 rings (SSSR count). The number of amides is 1. The first-order chi connectivity index (χ1) is 11.2. The summed E-state index contributed by atoms with van der Waals surface area (Å²) in [6.45, 7) is 9.80. The van der Waals surface area contributed by atoms with E-state index in [0.717, 1.165) is 5.56 Å². The Morgan fingerprint density at radius 2 is 1.83 bits per heavy atom. The molecule has 5 heteroatoms. The van der Waals surface area contributed by atoms with E-state index in [0.29, 0.717) is 19.6 Å². The van der Waals surface area contributed by atoms with Gasteiger partial charge in [-0.05, 0) is 45.6 Å². The van der Waals surface area contributed by atoms with Crippen molar-refractivity contribution in [3.8, 4) is 0 Å². The molecule has 1 aliphatic carbocycles. The number of benzene rings is 1. The van der Waals surface area contributed by atoms with Gasteiger partial charge in [-0.3, -0.25) is 4.90 Å². The van der Waals surface area contributed by atoms with Crippen LogP contribution < -0.4 is 0 Å². The third kappa shape index (κ3) is 3.89. The molecule has 1 fully saturated rings. The average Bonchev–Trinajstić information content (AvgIpc) is 3.16. The Balaban J connectivity index is 2.31. The summed E-state index contributed by atoms with van der Waals surface area (Å²) < 4.78 is 10.8. The standard InChI is InChI=1S/C19H27NO4/c1-6-23-16(21)19(12-14(19)2)20(17(22)24-18(3,4)5)13-15-10-8-7-9-11-15/h7-11,14H,6,12-13H2,1-5H3/t14-,19-/m0/s1. The van der Waals surface area contributed by atoms with Crippen molar-refractivity contribution in [3.05, 3.63) is 35.9 Å². The predicted octanol–water partition coefficient (Wildman–Crippen LogP) is 3.77. The molecule has 0 heterocycles. The topological polar surface area (TPSA) is 55.8 Å². The van der Waals surface area contributed by atoms with E-state index in [1.165, 1.54) is 4.90 Å². The van der Waals surface area contributed by atoms with Crippen LogP contribution in [0.5, 0.6) is 0 Å². The molecule has 0 saturated heterocycles. The van der Waals surface area contributed by atoms with E-state index < -0.39 is 17.2 Å². The Kier molecular flexibility index (Phi) is 5.21. The van der Waals surface area contributed by atoms with Crippen molar-refractivity contribution in [2.45, 2.75) is 58.7 Å². The van der Waals surface area contributed by atoms with Gasteiger partial charge < -0.3 is 9.47 Å². The van der Waals surface area contributed by atoms with Gasteiger partial charge in [0.25, 0.3) is 0 Å². The van der Waals surface area contributed by atoms with Crippen LogP contribution in [0.2, 0.25) is 0 Å². The van der Waals surface area contributed by atoms with Crippen molar-refractivity contribution >= 4 is 12.1 Å². The molecule has 0 aromatic heterocycles. The number of nitrogens with zero attached hydrogens (tertiary/aromatic N) is 1. The van der Waals surface area contributed by atoms with Gasteiger partial charge in [-0.1, -0.05) is 37.3 Å². The second-order valence-corrected chi connectivity index (χ2v) is 7.30. The van der Waals surface area contributed by atoms with Crippen LogP contribution in [0.4, 0.5) is 4.79 Å². The van der Waals surface area contributed by atoms with Gasteiger partial charge in [-0.25, -0.2) is 9.59 Å². The van der Waals surface area contributed by atoms with E-state index in [1.54, 1.807) is 6.92 Å². The first-order valence-corrected chi connectivity index (χ1v) is 8.42. The lowest BCUT2D eigenvalue weighted by Gasteiger charge is -2.33. The molecule has 0 aliphatic heterocycles. The quantitative estimate of drug-likeness (QED) is 0.770. The Bertz CT molecular complexity index is 593. The molecule has 1 amide bonds. The number of esters is 1. The second-order valence-electron chi connectivity index (χ2n) is 7.30. The molecule has 0 unspecified atom stereocenters. The lowest BCUT2D eigenvalue weighted by molar-refractivity contribution is -0.152. The number of carbonyl (C=O) groups is 2. The van der Waals surface area contributed by atoms with Crippen molar-refractivity contribution in [2.75, 3.05) is 6.61 Å². The molecule has 2 atom stereocenters. The summed E-state index contributed by atoms with van der Waals surface area (Å²) in [6.07, 6.45) is 0.113. The van der Waals surface area contributed by atoms with Gasteiger partial charge in [-0.2, -0.15) is 0 Å². The third-order valence-corrected chi connectivity index (χ3v) is 4.18. The molecule has 0 bridgehead atoms. The minimum atomic E-state index is -0.922. The molecule has 0 N–H and O–H groups in total. The monoisotopic (exact) mass is 333 g/mol. The predicted molar refractivity (Wildman–Crippen MR) is 91.4 cm³/mol. The molecule has 24 heavy (non-hydrogen) atoms. The van der Waals surface area contributed by atoms with E-state index >= 15 is 0 Å². The van der Waals surface area contributed by atoms with Crippen molar-refractivity contribution in [2.24, 2.45) is 5.92 Å². The number of hydrogen-bond donors (Lipinski definition) is 0. The SMILES string of the molecule is CCOC(=O)[C@]1(N(Cc2ccccc2)C(=O)OC(C)(C)C)C[C@@H]1C. The second kappa shape index (κ2) is 6.83. The van der Waals surface area contributed by atoms with Crippen molar-refractivity contribution in [1.29, 1.82) is 0 Å². The molecule has 1 aromatic carbocycles. The summed E-state index contributed by atoms with van der Waals surface area (Å²) in [5.41, 5.74) is -0.597. The Morgan fingerprint density at radius 3 is 2.29 bits per heavy atom. The highest BCUT2D eigenvalue weighted by atomic mass is 16.6. The van der Waals surface area contributed by atoms with Gasteiger partial charge in [0.05, 0.1) is 13.2 Å². The first kappa shape index (κ1) is 18.3. The Hall–Kier alpha value is -2.04. The van der Waals surface area contributed by atoms with Crippen LogP contribution in [0, 0.1) is 5.92 Å². The lowest BCUT2D eigenvalue weighted by atomic mass is 10.1. The van der Waals surface area contributed by atoms with Gasteiger partial charge in [0.2, 0.25) is 0 Å². The van der Waals surface area contributed by atoms with Crippen LogP contribution >= 0.6 is 0 Å². The maximum atomic E-state index is 12.8. The zero-order valence-electron chi connectivity index (χ0n) is 15.2. The Morgan fingerprint density at radius 1 is 1.25 bits per heavy atom. The highest BCUT2D eigenvalue weighted by Gasteiger charge is 2.64. The third-order valence-electron chi connectivity index (χ3n) is 4.18. The number of ether oxygens (including phenoxy) is 2. The number of carbonyl (C=O) groups excluding carboxylic acids is 2. The highest BCUT2D eigenvalue weighted by molar-refractivity contribution is 5.89. The molecular formula is C19H27NO4. The molecule has 1 aliphatic rings. The molecule has 0 radical (unpaired) electrons. The van der Waals surface area contributed by atoms with Gasteiger partial charge in [0.1, 0.15) is 11.1 Å². The van der Waals surface area contributed by atoms with E-state index in [1.807, 2.05) is 58.0 Å².